The number of ether oxygens (including phenoxy) is 1. The fourth-order valence-corrected chi connectivity index (χ4v) is 3.31. The summed E-state index contributed by atoms with van der Waals surface area (Å²) in [6.45, 7) is 2.00. The smallest absolute Gasteiger partial charge is 0.205 e. The number of rotatable bonds is 1. The number of halogens is 1. The number of hydrogen-bond acceptors (Lipinski definition) is 4. The molecular formula is C17H15ClN2O2. The Labute approximate surface area is 133 Å². The predicted octanol–water partition coefficient (Wildman–Crippen LogP) is 3.40. The Kier molecular flexibility index (Phi) is 3.67. The van der Waals surface area contributed by atoms with Crippen molar-refractivity contribution in [2.24, 2.45) is 11.7 Å². The van der Waals surface area contributed by atoms with Crippen molar-refractivity contribution in [3.63, 3.8) is 0 Å². The second-order valence-electron chi connectivity index (χ2n) is 5.75. The number of hydrogen-bond donors (Lipinski definition) is 1. The number of nitrogens with zero attached hydrogens (tertiary/aromatic N) is 1. The predicted molar refractivity (Wildman–Crippen MR) is 82.5 cm³/mol. The molecule has 22 heavy (non-hydrogen) atoms. The van der Waals surface area contributed by atoms with Gasteiger partial charge in [0.1, 0.15) is 17.4 Å². The summed E-state index contributed by atoms with van der Waals surface area (Å²) >= 11 is 6.06. The molecule has 0 unspecified atom stereocenters. The molecule has 0 aromatic heterocycles. The van der Waals surface area contributed by atoms with Crippen molar-refractivity contribution in [3.05, 3.63) is 57.6 Å². The first-order chi connectivity index (χ1) is 10.5. The van der Waals surface area contributed by atoms with Gasteiger partial charge in [0.15, 0.2) is 5.78 Å². The van der Waals surface area contributed by atoms with E-state index in [9.17, 15) is 10.1 Å². The topological polar surface area (TPSA) is 76.1 Å². The van der Waals surface area contributed by atoms with Crippen LogP contribution in [0.1, 0.15) is 31.2 Å². The van der Waals surface area contributed by atoms with E-state index in [-0.39, 0.29) is 23.2 Å². The molecule has 2 N–H and O–H groups in total. The molecule has 3 rings (SSSR count). The van der Waals surface area contributed by atoms with Crippen LogP contribution in [0.2, 0.25) is 5.02 Å². The van der Waals surface area contributed by atoms with E-state index in [0.717, 1.165) is 5.56 Å². The fourth-order valence-electron chi connectivity index (χ4n) is 3.11. The zero-order chi connectivity index (χ0) is 15.9. The van der Waals surface area contributed by atoms with Gasteiger partial charge in [-0.25, -0.2) is 0 Å². The molecule has 0 bridgehead atoms. The first kappa shape index (κ1) is 14.7. The van der Waals surface area contributed by atoms with Crippen molar-refractivity contribution in [1.82, 2.24) is 0 Å². The molecule has 2 aliphatic rings. The Bertz CT molecular complexity index is 758. The Hall–Kier alpha value is -2.25. The molecule has 0 radical (unpaired) electrons. The number of ketones is 1. The summed E-state index contributed by atoms with van der Waals surface area (Å²) in [4.78, 5) is 12.5. The third-order valence-corrected chi connectivity index (χ3v) is 4.28. The molecule has 1 heterocycles. The average molecular weight is 315 g/mol. The molecule has 0 saturated carbocycles. The van der Waals surface area contributed by atoms with Crippen LogP contribution in [0, 0.1) is 17.2 Å². The molecule has 112 valence electrons. The van der Waals surface area contributed by atoms with Crippen molar-refractivity contribution in [2.45, 2.75) is 25.7 Å². The highest BCUT2D eigenvalue weighted by Gasteiger charge is 2.39. The van der Waals surface area contributed by atoms with E-state index in [1.807, 2.05) is 13.0 Å². The summed E-state index contributed by atoms with van der Waals surface area (Å²) < 4.78 is 5.58. The van der Waals surface area contributed by atoms with Crippen molar-refractivity contribution >= 4 is 17.4 Å². The highest BCUT2D eigenvalue weighted by molar-refractivity contribution is 6.30. The average Bonchev–Trinajstić information content (AvgIpc) is 2.45. The number of nitrogens with two attached hydrogens (primary N) is 1. The van der Waals surface area contributed by atoms with Crippen LogP contribution in [0.15, 0.2) is 47.1 Å². The maximum absolute atomic E-state index is 12.5. The Morgan fingerprint density at radius 2 is 2.18 bits per heavy atom. The summed E-state index contributed by atoms with van der Waals surface area (Å²) in [6, 6.07) is 9.25. The first-order valence-electron chi connectivity index (χ1n) is 7.10. The lowest BCUT2D eigenvalue weighted by Crippen LogP contribution is -2.29. The molecule has 0 spiro atoms. The van der Waals surface area contributed by atoms with E-state index in [2.05, 4.69) is 6.07 Å². The molecule has 0 amide bonds. The third kappa shape index (κ3) is 2.38. The number of carbonyl (C=O) groups excluding carboxylic acids is 1. The Morgan fingerprint density at radius 1 is 1.41 bits per heavy atom. The third-order valence-electron chi connectivity index (χ3n) is 4.05. The van der Waals surface area contributed by atoms with E-state index in [1.54, 1.807) is 18.2 Å². The standard InChI is InChI=1S/C17H15ClN2O2/c1-9-5-13(21)16-14(6-9)22-17(20)12(8-19)15(16)10-3-2-4-11(18)7-10/h2-4,7,9,15H,5-6,20H2,1H3/t9-,15+/m1/s1. The lowest BCUT2D eigenvalue weighted by Gasteiger charge is -2.33. The van der Waals surface area contributed by atoms with Gasteiger partial charge in [0.2, 0.25) is 5.88 Å². The van der Waals surface area contributed by atoms with Crippen molar-refractivity contribution < 1.29 is 9.53 Å². The quantitative estimate of drug-likeness (QED) is 0.862. The molecule has 1 aromatic carbocycles. The van der Waals surface area contributed by atoms with Crippen LogP contribution in [0.4, 0.5) is 0 Å². The fraction of sp³-hybridized carbons (Fsp3) is 0.294. The number of nitriles is 1. The minimum Gasteiger partial charge on any atom is -0.444 e. The second-order valence-corrected chi connectivity index (χ2v) is 6.19. The Morgan fingerprint density at radius 3 is 2.86 bits per heavy atom. The Balaban J connectivity index is 2.19. The van der Waals surface area contributed by atoms with Crippen LogP contribution in [0.5, 0.6) is 0 Å². The molecule has 4 nitrogen and oxygen atoms in total. The monoisotopic (exact) mass is 314 g/mol. The highest BCUT2D eigenvalue weighted by Crippen LogP contribution is 2.44. The number of allylic oxidation sites excluding steroid dienone is 3. The first-order valence-corrected chi connectivity index (χ1v) is 7.48. The number of Topliss-reactive ketones (excluding diaryl/α,β-unsaturated/α-hetero) is 1. The second kappa shape index (κ2) is 5.51. The van der Waals surface area contributed by atoms with Crippen LogP contribution in [-0.4, -0.2) is 5.78 Å². The van der Waals surface area contributed by atoms with Gasteiger partial charge in [-0.15, -0.1) is 0 Å². The highest BCUT2D eigenvalue weighted by atomic mass is 35.5. The van der Waals surface area contributed by atoms with Crippen molar-refractivity contribution in [3.8, 4) is 6.07 Å². The molecule has 1 aliphatic heterocycles. The van der Waals surface area contributed by atoms with Crippen LogP contribution in [0.25, 0.3) is 0 Å². The van der Waals surface area contributed by atoms with Crippen LogP contribution in [0.3, 0.4) is 0 Å². The van der Waals surface area contributed by atoms with Gasteiger partial charge in [-0.2, -0.15) is 5.26 Å². The van der Waals surface area contributed by atoms with E-state index < -0.39 is 5.92 Å². The van der Waals surface area contributed by atoms with Crippen molar-refractivity contribution in [1.29, 1.82) is 5.26 Å². The minimum absolute atomic E-state index is 0.0129. The summed E-state index contributed by atoms with van der Waals surface area (Å²) in [7, 11) is 0. The molecule has 0 saturated heterocycles. The van der Waals surface area contributed by atoms with Gasteiger partial charge in [-0.3, -0.25) is 4.79 Å². The molecule has 1 aliphatic carbocycles. The normalized spacial score (nSPS) is 24.7. The summed E-state index contributed by atoms with van der Waals surface area (Å²) in [6.07, 6.45) is 1.11. The minimum atomic E-state index is -0.493. The van der Waals surface area contributed by atoms with Gasteiger partial charge in [-0.05, 0) is 23.6 Å². The molecule has 2 atom stereocenters. The zero-order valence-corrected chi connectivity index (χ0v) is 12.9. The lowest BCUT2D eigenvalue weighted by molar-refractivity contribution is -0.117. The van der Waals surface area contributed by atoms with Gasteiger partial charge in [0.05, 0.1) is 5.92 Å². The van der Waals surface area contributed by atoms with Gasteiger partial charge < -0.3 is 10.5 Å². The lowest BCUT2D eigenvalue weighted by atomic mass is 9.75. The molecule has 1 aromatic rings. The summed E-state index contributed by atoms with van der Waals surface area (Å²) in [5.41, 5.74) is 7.51. The van der Waals surface area contributed by atoms with E-state index in [1.165, 1.54) is 0 Å². The molecule has 5 heteroatoms. The van der Waals surface area contributed by atoms with Gasteiger partial charge >= 0.3 is 0 Å². The van der Waals surface area contributed by atoms with Gasteiger partial charge in [0.25, 0.3) is 0 Å². The van der Waals surface area contributed by atoms with Crippen molar-refractivity contribution in [2.75, 3.05) is 0 Å². The summed E-state index contributed by atoms with van der Waals surface area (Å²) in [5, 5.41) is 10.0. The molecular weight excluding hydrogens is 300 g/mol. The SMILES string of the molecule is C[C@@H]1CC(=O)C2=C(C1)OC(N)=C(C#N)[C@@H]2c1cccc(Cl)c1. The van der Waals surface area contributed by atoms with Crippen LogP contribution in [-0.2, 0) is 9.53 Å². The number of benzene rings is 1. The van der Waals surface area contributed by atoms with E-state index in [4.69, 9.17) is 22.1 Å². The zero-order valence-electron chi connectivity index (χ0n) is 12.1. The maximum atomic E-state index is 12.5. The van der Waals surface area contributed by atoms with Crippen LogP contribution < -0.4 is 5.73 Å². The van der Waals surface area contributed by atoms with E-state index >= 15 is 0 Å². The van der Waals surface area contributed by atoms with E-state index in [0.29, 0.717) is 29.2 Å². The largest absolute Gasteiger partial charge is 0.444 e. The van der Waals surface area contributed by atoms with Crippen LogP contribution >= 0.6 is 11.6 Å². The molecule has 0 fully saturated rings. The summed E-state index contributed by atoms with van der Waals surface area (Å²) in [5.74, 6) is 0.396. The van der Waals surface area contributed by atoms with Gasteiger partial charge in [0, 0.05) is 23.4 Å². The van der Waals surface area contributed by atoms with Gasteiger partial charge in [-0.1, -0.05) is 30.7 Å². The number of carbonyl (C=O) groups is 1. The maximum Gasteiger partial charge on any atom is 0.205 e.